The van der Waals surface area contributed by atoms with Gasteiger partial charge in [0.05, 0.1) is 0 Å². The molecule has 6 heteroatoms. The second-order valence-electron chi connectivity index (χ2n) is 4.29. The van der Waals surface area contributed by atoms with Gasteiger partial charge in [-0.2, -0.15) is 5.10 Å². The number of benzene rings is 1. The van der Waals surface area contributed by atoms with Crippen LogP contribution in [0, 0.1) is 0 Å². The molecule has 0 aliphatic heterocycles. The van der Waals surface area contributed by atoms with E-state index in [-0.39, 0.29) is 11.7 Å². The largest absolute Gasteiger partial charge is 0.382 e. The first-order valence-corrected chi connectivity index (χ1v) is 5.94. The number of hydrogen-bond acceptors (Lipinski definition) is 4. The molecule has 1 aromatic heterocycles. The highest BCUT2D eigenvalue weighted by Gasteiger charge is 2.13. The highest BCUT2D eigenvalue weighted by molar-refractivity contribution is 6.07. The molecule has 6 nitrogen and oxygen atoms in total. The number of amides is 1. The summed E-state index contributed by atoms with van der Waals surface area (Å²) in [4.78, 5) is 12.1. The maximum Gasteiger partial charge on any atom is 0.261 e. The van der Waals surface area contributed by atoms with Crippen LogP contribution in [-0.2, 0) is 13.6 Å². The SMILES string of the molecule is CNCc1cccc(NC(=O)c2cn(C)nc2N)c1. The number of anilines is 2. The molecule has 0 saturated heterocycles. The summed E-state index contributed by atoms with van der Waals surface area (Å²) in [6, 6.07) is 7.64. The molecule has 0 radical (unpaired) electrons. The summed E-state index contributed by atoms with van der Waals surface area (Å²) in [6.45, 7) is 0.749. The van der Waals surface area contributed by atoms with Crippen molar-refractivity contribution in [2.45, 2.75) is 6.54 Å². The molecule has 1 heterocycles. The van der Waals surface area contributed by atoms with Crippen LogP contribution >= 0.6 is 0 Å². The number of aromatic nitrogens is 2. The van der Waals surface area contributed by atoms with E-state index in [0.29, 0.717) is 5.56 Å². The van der Waals surface area contributed by atoms with Crippen molar-refractivity contribution >= 4 is 17.4 Å². The van der Waals surface area contributed by atoms with Crippen molar-refractivity contribution in [3.05, 3.63) is 41.6 Å². The maximum absolute atomic E-state index is 12.1. The van der Waals surface area contributed by atoms with Crippen LogP contribution in [0.5, 0.6) is 0 Å². The Labute approximate surface area is 111 Å². The molecule has 19 heavy (non-hydrogen) atoms. The minimum Gasteiger partial charge on any atom is -0.382 e. The van der Waals surface area contributed by atoms with Crippen LogP contribution in [0.1, 0.15) is 15.9 Å². The van der Waals surface area contributed by atoms with Crippen LogP contribution in [0.3, 0.4) is 0 Å². The third-order valence-corrected chi connectivity index (χ3v) is 2.67. The summed E-state index contributed by atoms with van der Waals surface area (Å²) in [5.74, 6) is -0.0291. The summed E-state index contributed by atoms with van der Waals surface area (Å²) in [6.07, 6.45) is 1.60. The molecule has 0 bridgehead atoms. The number of nitrogen functional groups attached to an aromatic ring is 1. The van der Waals surface area contributed by atoms with Crippen LogP contribution in [-0.4, -0.2) is 22.7 Å². The van der Waals surface area contributed by atoms with Gasteiger partial charge in [0.2, 0.25) is 0 Å². The highest BCUT2D eigenvalue weighted by atomic mass is 16.1. The lowest BCUT2D eigenvalue weighted by Gasteiger charge is -2.06. The summed E-state index contributed by atoms with van der Waals surface area (Å²) >= 11 is 0. The fraction of sp³-hybridized carbons (Fsp3) is 0.231. The molecule has 4 N–H and O–H groups in total. The number of aryl methyl sites for hydroxylation is 1. The molecule has 0 aliphatic carbocycles. The van der Waals surface area contributed by atoms with Crippen molar-refractivity contribution in [2.24, 2.45) is 7.05 Å². The van der Waals surface area contributed by atoms with Crippen molar-refractivity contribution in [3.8, 4) is 0 Å². The van der Waals surface area contributed by atoms with Crippen LogP contribution in [0.2, 0.25) is 0 Å². The topological polar surface area (TPSA) is 85.0 Å². The standard InChI is InChI=1S/C13H17N5O/c1-15-7-9-4-3-5-10(6-9)16-13(19)11-8-18(2)17-12(11)14/h3-6,8,15H,7H2,1-2H3,(H2,14,17)(H,16,19). The van der Waals surface area contributed by atoms with E-state index in [1.807, 2.05) is 31.3 Å². The molecule has 0 unspecified atom stereocenters. The third kappa shape index (κ3) is 3.11. The molecule has 0 spiro atoms. The van der Waals surface area contributed by atoms with Crippen molar-refractivity contribution in [2.75, 3.05) is 18.1 Å². The van der Waals surface area contributed by atoms with Gasteiger partial charge >= 0.3 is 0 Å². The summed E-state index contributed by atoms with van der Waals surface area (Å²) in [5, 5.41) is 9.82. The lowest BCUT2D eigenvalue weighted by atomic mass is 10.2. The second-order valence-corrected chi connectivity index (χ2v) is 4.29. The van der Waals surface area contributed by atoms with Crippen LogP contribution in [0.25, 0.3) is 0 Å². The molecule has 1 amide bonds. The molecule has 100 valence electrons. The minimum atomic E-state index is -0.257. The quantitative estimate of drug-likeness (QED) is 0.764. The number of nitrogens with one attached hydrogen (secondary N) is 2. The van der Waals surface area contributed by atoms with Crippen LogP contribution < -0.4 is 16.4 Å². The van der Waals surface area contributed by atoms with E-state index in [4.69, 9.17) is 5.73 Å². The number of carbonyl (C=O) groups excluding carboxylic acids is 1. The van der Waals surface area contributed by atoms with Crippen molar-refractivity contribution in [1.82, 2.24) is 15.1 Å². The Morgan fingerprint density at radius 1 is 1.47 bits per heavy atom. The first-order valence-electron chi connectivity index (χ1n) is 5.94. The predicted molar refractivity (Wildman–Crippen MR) is 74.8 cm³/mol. The number of nitrogens with two attached hydrogens (primary N) is 1. The molecule has 1 aromatic carbocycles. The Bertz CT molecular complexity index is 590. The van der Waals surface area contributed by atoms with E-state index >= 15 is 0 Å². The lowest BCUT2D eigenvalue weighted by Crippen LogP contribution is -2.13. The van der Waals surface area contributed by atoms with E-state index in [0.717, 1.165) is 17.8 Å². The van der Waals surface area contributed by atoms with E-state index in [1.165, 1.54) is 4.68 Å². The molecular formula is C13H17N5O. The maximum atomic E-state index is 12.1. The van der Waals surface area contributed by atoms with Crippen molar-refractivity contribution in [1.29, 1.82) is 0 Å². The first kappa shape index (κ1) is 13.1. The minimum absolute atomic E-state index is 0.228. The van der Waals surface area contributed by atoms with Crippen LogP contribution in [0.4, 0.5) is 11.5 Å². The van der Waals surface area contributed by atoms with Crippen LogP contribution in [0.15, 0.2) is 30.5 Å². The zero-order valence-electron chi connectivity index (χ0n) is 11.0. The Kier molecular flexibility index (Phi) is 3.82. The first-order chi connectivity index (χ1) is 9.10. The molecule has 2 rings (SSSR count). The Hall–Kier alpha value is -2.34. The Morgan fingerprint density at radius 2 is 2.26 bits per heavy atom. The number of rotatable bonds is 4. The third-order valence-electron chi connectivity index (χ3n) is 2.67. The zero-order valence-corrected chi connectivity index (χ0v) is 11.0. The van der Waals surface area contributed by atoms with Gasteiger partial charge in [-0.1, -0.05) is 12.1 Å². The summed E-state index contributed by atoms with van der Waals surface area (Å²) in [5.41, 5.74) is 7.88. The summed E-state index contributed by atoms with van der Waals surface area (Å²) < 4.78 is 1.52. The normalized spacial score (nSPS) is 10.4. The molecule has 0 aliphatic rings. The van der Waals surface area contributed by atoms with E-state index in [9.17, 15) is 4.79 Å². The zero-order chi connectivity index (χ0) is 13.8. The number of hydrogen-bond donors (Lipinski definition) is 3. The van der Waals surface area contributed by atoms with Gasteiger partial charge < -0.3 is 16.4 Å². The molecular weight excluding hydrogens is 242 g/mol. The smallest absolute Gasteiger partial charge is 0.261 e. The molecule has 0 fully saturated rings. The van der Waals surface area contributed by atoms with Gasteiger partial charge in [0.1, 0.15) is 5.56 Å². The van der Waals surface area contributed by atoms with Gasteiger partial charge in [-0.15, -0.1) is 0 Å². The van der Waals surface area contributed by atoms with Gasteiger partial charge in [-0.3, -0.25) is 9.48 Å². The molecule has 0 atom stereocenters. The Balaban J connectivity index is 2.14. The van der Waals surface area contributed by atoms with E-state index < -0.39 is 0 Å². The van der Waals surface area contributed by atoms with Gasteiger partial charge in [0, 0.05) is 25.5 Å². The monoisotopic (exact) mass is 259 g/mol. The molecule has 2 aromatic rings. The van der Waals surface area contributed by atoms with E-state index in [1.54, 1.807) is 13.2 Å². The van der Waals surface area contributed by atoms with Crippen molar-refractivity contribution in [3.63, 3.8) is 0 Å². The van der Waals surface area contributed by atoms with Gasteiger partial charge in [0.15, 0.2) is 5.82 Å². The van der Waals surface area contributed by atoms with Gasteiger partial charge in [-0.25, -0.2) is 0 Å². The van der Waals surface area contributed by atoms with E-state index in [2.05, 4.69) is 15.7 Å². The number of nitrogens with zero attached hydrogens (tertiary/aromatic N) is 2. The van der Waals surface area contributed by atoms with Gasteiger partial charge in [0.25, 0.3) is 5.91 Å². The fourth-order valence-corrected chi connectivity index (χ4v) is 1.84. The predicted octanol–water partition coefficient (Wildman–Crippen LogP) is 0.974. The molecule has 0 saturated carbocycles. The average molecular weight is 259 g/mol. The van der Waals surface area contributed by atoms with Crippen molar-refractivity contribution < 1.29 is 4.79 Å². The highest BCUT2D eigenvalue weighted by Crippen LogP contribution is 2.14. The lowest BCUT2D eigenvalue weighted by molar-refractivity contribution is 0.102. The average Bonchev–Trinajstić information content (AvgIpc) is 2.69. The second kappa shape index (κ2) is 5.53. The fourth-order valence-electron chi connectivity index (χ4n) is 1.84. The Morgan fingerprint density at radius 3 is 2.89 bits per heavy atom. The van der Waals surface area contributed by atoms with Gasteiger partial charge in [-0.05, 0) is 24.7 Å². The number of carbonyl (C=O) groups is 1. The summed E-state index contributed by atoms with van der Waals surface area (Å²) in [7, 11) is 3.60.